The number of unbranched alkanes of at least 4 members (excludes halogenated alkanes) is 8. The van der Waals surface area contributed by atoms with Crippen LogP contribution in [-0.4, -0.2) is 71.2 Å². The Morgan fingerprint density at radius 3 is 0.981 bits per heavy atom. The highest BCUT2D eigenvalue weighted by Gasteiger charge is 2.27. The van der Waals surface area contributed by atoms with Gasteiger partial charge in [0.2, 0.25) is 0 Å². The largest absolute Gasteiger partial charge is 0.494 e. The summed E-state index contributed by atoms with van der Waals surface area (Å²) >= 11 is 0. The van der Waals surface area contributed by atoms with Crippen LogP contribution < -0.4 is 28.4 Å². The molecule has 10 rings (SSSR count). The van der Waals surface area contributed by atoms with E-state index in [9.17, 15) is 4.79 Å². The number of esters is 1. The number of carbonyl (C=O) groups excluding carboxylic acids is 1. The number of fused-ring (bicyclic) bond motifs is 4. The normalized spacial score (nSPS) is 13.5. The van der Waals surface area contributed by atoms with Gasteiger partial charge in [0.15, 0.2) is 23.0 Å². The van der Waals surface area contributed by atoms with Crippen molar-refractivity contribution < 1.29 is 38.0 Å². The Hall–Kier alpha value is -8.51. The summed E-state index contributed by atoms with van der Waals surface area (Å²) in [5, 5.41) is 0. The molecular formula is C94H124N4O8. The summed E-state index contributed by atoms with van der Waals surface area (Å²) < 4.78 is 51.6. The molecule has 0 spiro atoms. The Morgan fingerprint density at radius 1 is 0.349 bits per heavy atom. The topological polar surface area (TPSA) is 116 Å². The van der Waals surface area contributed by atoms with Crippen LogP contribution in [0.3, 0.4) is 0 Å². The SMILES string of the molecule is C=C(C)C(=O)OCCCCCCOc1ccc(-c2c3nc(c(-c4ccc(OCC(CC)CCCC)c(OCC(CC)CCCC)c4)c4ccc5c(-c6ccc(OCC(CC)CCCC)cc6)c6nc(c(-c7ccc(OCC(CC)CCCC)c(OCC(CC)CCCC)c7)c7ccc2n7n54)C=C6)C=C3)cc1. The second-order valence-electron chi connectivity index (χ2n) is 30.0. The van der Waals surface area contributed by atoms with Crippen LogP contribution in [0.5, 0.6) is 34.5 Å². The van der Waals surface area contributed by atoms with Crippen LogP contribution in [0.4, 0.5) is 0 Å². The third kappa shape index (κ3) is 20.6. The molecule has 6 heterocycles. The minimum Gasteiger partial charge on any atom is -0.494 e. The number of benzene rings is 4. The lowest BCUT2D eigenvalue weighted by Gasteiger charge is -2.21. The van der Waals surface area contributed by atoms with Gasteiger partial charge in [0.25, 0.3) is 0 Å². The first-order valence-electron chi connectivity index (χ1n) is 41.2. The molecule has 8 aromatic rings. The second-order valence-corrected chi connectivity index (χ2v) is 30.0. The molecule has 0 radical (unpaired) electrons. The molecule has 5 unspecified atom stereocenters. The summed E-state index contributed by atoms with van der Waals surface area (Å²) in [4.78, 5) is 23.6. The van der Waals surface area contributed by atoms with E-state index in [1.807, 2.05) is 0 Å². The van der Waals surface area contributed by atoms with Crippen LogP contribution in [0.15, 0.2) is 121 Å². The molecule has 4 aromatic carbocycles. The summed E-state index contributed by atoms with van der Waals surface area (Å²) in [6, 6.07) is 39.6. The molecule has 4 aromatic heterocycles. The monoisotopic (exact) mass is 1440 g/mol. The molecule has 0 saturated carbocycles. The maximum atomic E-state index is 12.0. The highest BCUT2D eigenvalue weighted by Crippen LogP contribution is 2.46. The molecule has 12 heteroatoms. The first kappa shape index (κ1) is 80.0. The van der Waals surface area contributed by atoms with E-state index in [-0.39, 0.29) is 5.97 Å². The van der Waals surface area contributed by atoms with Crippen LogP contribution in [0.25, 0.3) is 90.9 Å². The fourth-order valence-electron chi connectivity index (χ4n) is 14.8. The Bertz CT molecular complexity index is 4190. The second kappa shape index (κ2) is 41.0. The van der Waals surface area contributed by atoms with Gasteiger partial charge in [0.05, 0.1) is 91.1 Å². The molecule has 0 aliphatic carbocycles. The van der Waals surface area contributed by atoms with Gasteiger partial charge >= 0.3 is 5.97 Å². The maximum Gasteiger partial charge on any atom is 0.333 e. The summed E-state index contributed by atoms with van der Waals surface area (Å²) in [6.45, 7) is 32.2. The van der Waals surface area contributed by atoms with E-state index in [0.717, 1.165) is 252 Å². The Kier molecular flexibility index (Phi) is 31.0. The lowest BCUT2D eigenvalue weighted by atomic mass is 10.00. The van der Waals surface area contributed by atoms with Gasteiger partial charge in [-0.3, -0.25) is 0 Å². The molecular weight excluding hydrogens is 1310 g/mol. The van der Waals surface area contributed by atoms with Gasteiger partial charge < -0.3 is 33.2 Å². The first-order valence-corrected chi connectivity index (χ1v) is 41.2. The Balaban J connectivity index is 1.25. The van der Waals surface area contributed by atoms with E-state index < -0.39 is 0 Å². The maximum absolute atomic E-state index is 12.0. The lowest BCUT2D eigenvalue weighted by Crippen LogP contribution is -2.14. The fourth-order valence-corrected chi connectivity index (χ4v) is 14.8. The Labute approximate surface area is 635 Å². The van der Waals surface area contributed by atoms with E-state index >= 15 is 0 Å². The minimum atomic E-state index is -0.337. The molecule has 2 aliphatic rings. The summed E-state index contributed by atoms with van der Waals surface area (Å²) in [5.41, 5.74) is 15.3. The van der Waals surface area contributed by atoms with Crippen molar-refractivity contribution in [1.29, 1.82) is 0 Å². The third-order valence-corrected chi connectivity index (χ3v) is 22.0. The molecule has 2 aliphatic heterocycles. The van der Waals surface area contributed by atoms with Crippen molar-refractivity contribution in [2.24, 2.45) is 29.6 Å². The summed E-state index contributed by atoms with van der Waals surface area (Å²) in [7, 11) is 0. The number of rotatable bonds is 48. The highest BCUT2D eigenvalue weighted by atomic mass is 16.5. The average molecular weight is 1440 g/mol. The molecule has 0 amide bonds. The van der Waals surface area contributed by atoms with Crippen molar-refractivity contribution in [3.05, 3.63) is 144 Å². The van der Waals surface area contributed by atoms with Gasteiger partial charge in [-0.25, -0.2) is 23.8 Å². The first-order chi connectivity index (χ1) is 51.9. The van der Waals surface area contributed by atoms with E-state index in [2.05, 4.69) is 218 Å². The molecule has 5 atom stereocenters. The van der Waals surface area contributed by atoms with Crippen molar-refractivity contribution in [2.45, 2.75) is 230 Å². The molecule has 568 valence electrons. The Morgan fingerprint density at radius 2 is 0.651 bits per heavy atom. The zero-order valence-electron chi connectivity index (χ0n) is 66.3. The number of aromatic nitrogens is 4. The standard InChI is InChI=1S/C94H124N4O8/c1-13-23-32-67(18-6)61-102-77-45-39-73(40-46-77)91-79-48-50-81(96-79)93(75-42-56-87(104-63-69(20-8)34-25-15-3)89(60-75)106-65-71(22-10)36-27-17-5)84-53-51-82-90(72-37-43-76(44-38-72)100-57-30-28-29-31-58-101-94(99)66(11)12)78-47-49-80(95-78)92(85-54-52-83(91)98(85)97(82)84)74-41-55-86(103-62-68(19-7)33-24-14-2)88(59-74)105-64-70(21-9)35-26-16-4/h37-56,59-60,67-71H,11,13-36,57-58,61-65H2,1-10,12H3. The molecule has 0 saturated heterocycles. The van der Waals surface area contributed by atoms with Gasteiger partial charge in [0.1, 0.15) is 11.5 Å². The predicted molar refractivity (Wildman–Crippen MR) is 442 cm³/mol. The average Bonchev–Trinajstić information content (AvgIpc) is 1.55. The van der Waals surface area contributed by atoms with E-state index in [1.165, 1.54) is 25.7 Å². The van der Waals surface area contributed by atoms with Gasteiger partial charge in [-0.05, 0) is 214 Å². The van der Waals surface area contributed by atoms with Gasteiger partial charge in [0, 0.05) is 27.8 Å². The van der Waals surface area contributed by atoms with Crippen molar-refractivity contribution in [2.75, 3.05) is 46.2 Å². The van der Waals surface area contributed by atoms with Crippen LogP contribution in [0, 0.1) is 29.6 Å². The molecule has 4 bridgehead atoms. The molecule has 0 N–H and O–H groups in total. The van der Waals surface area contributed by atoms with Gasteiger partial charge in [-0.15, -0.1) is 0 Å². The lowest BCUT2D eigenvalue weighted by molar-refractivity contribution is -0.139. The fraction of sp³-hybridized carbons (Fsp3) is 0.500. The van der Waals surface area contributed by atoms with Crippen molar-refractivity contribution >= 4 is 52.3 Å². The predicted octanol–water partition coefficient (Wildman–Crippen LogP) is 25.9. The van der Waals surface area contributed by atoms with Crippen LogP contribution in [0.2, 0.25) is 0 Å². The van der Waals surface area contributed by atoms with E-state index in [1.54, 1.807) is 6.92 Å². The zero-order chi connectivity index (χ0) is 74.7. The smallest absolute Gasteiger partial charge is 0.333 e. The number of hydrogen-bond donors (Lipinski definition) is 0. The van der Waals surface area contributed by atoms with E-state index in [4.69, 9.17) is 43.1 Å². The van der Waals surface area contributed by atoms with Crippen LogP contribution in [-0.2, 0) is 9.53 Å². The van der Waals surface area contributed by atoms with Crippen molar-refractivity contribution in [3.8, 4) is 79.0 Å². The molecule has 12 nitrogen and oxygen atoms in total. The number of nitrogens with zero attached hydrogens (tertiary/aromatic N) is 4. The number of ether oxygens (including phenoxy) is 7. The molecule has 0 fully saturated rings. The summed E-state index contributed by atoms with van der Waals surface area (Å²) in [6.07, 6.45) is 34.8. The highest BCUT2D eigenvalue weighted by molar-refractivity contribution is 6.02. The van der Waals surface area contributed by atoms with Crippen LogP contribution in [0.1, 0.15) is 253 Å². The van der Waals surface area contributed by atoms with Gasteiger partial charge in [-0.1, -0.05) is 209 Å². The number of hydrogen-bond acceptors (Lipinski definition) is 10. The quantitative estimate of drug-likeness (QED) is 0.0207. The number of carbonyl (C=O) groups is 1. The molecule has 106 heavy (non-hydrogen) atoms. The minimum absolute atomic E-state index is 0.337. The van der Waals surface area contributed by atoms with Crippen molar-refractivity contribution in [1.82, 2.24) is 19.0 Å². The summed E-state index contributed by atoms with van der Waals surface area (Å²) in [5.74, 6) is 6.48. The van der Waals surface area contributed by atoms with Gasteiger partial charge in [-0.2, -0.15) is 0 Å². The third-order valence-electron chi connectivity index (χ3n) is 22.0. The van der Waals surface area contributed by atoms with E-state index in [0.29, 0.717) is 81.4 Å². The van der Waals surface area contributed by atoms with Crippen LogP contribution >= 0.6 is 0 Å². The van der Waals surface area contributed by atoms with Crippen molar-refractivity contribution in [3.63, 3.8) is 0 Å². The zero-order valence-corrected chi connectivity index (χ0v) is 66.3.